The van der Waals surface area contributed by atoms with Gasteiger partial charge in [0.25, 0.3) is 0 Å². The molecule has 0 amide bonds. The van der Waals surface area contributed by atoms with E-state index in [1.165, 1.54) is 11.3 Å². The molecule has 0 aliphatic carbocycles. The fraction of sp³-hybridized carbons (Fsp3) is 0.200. The van der Waals surface area contributed by atoms with Crippen molar-refractivity contribution in [3.63, 3.8) is 0 Å². The van der Waals surface area contributed by atoms with Gasteiger partial charge in [-0.05, 0) is 6.92 Å². The molecule has 0 N–H and O–H groups in total. The van der Waals surface area contributed by atoms with Crippen molar-refractivity contribution in [2.24, 2.45) is 0 Å². The van der Waals surface area contributed by atoms with Gasteiger partial charge in [0, 0.05) is 0 Å². The lowest BCUT2D eigenvalue weighted by Crippen LogP contribution is -1.75. The maximum Gasteiger partial charge on any atom is 0.161 e. The molecule has 1 aromatic rings. The van der Waals surface area contributed by atoms with Gasteiger partial charge in [-0.25, -0.2) is 4.98 Å². The predicted molar refractivity (Wildman–Crippen MR) is 31.1 cm³/mol. The van der Waals surface area contributed by atoms with Crippen LogP contribution in [-0.2, 0) is 0 Å². The Morgan fingerprint density at radius 3 is 2.88 bits per heavy atom. The van der Waals surface area contributed by atoms with E-state index >= 15 is 0 Å². The molecule has 1 heterocycles. The standard InChI is InChI=1S/C5H4NOS/c1-4-5(2-7)8-3-6-4/h2H,1H3. The Balaban J connectivity index is 3.09. The lowest BCUT2D eigenvalue weighted by Gasteiger charge is -1.76. The van der Waals surface area contributed by atoms with Crippen LogP contribution in [0.4, 0.5) is 0 Å². The van der Waals surface area contributed by atoms with Gasteiger partial charge >= 0.3 is 0 Å². The van der Waals surface area contributed by atoms with E-state index in [9.17, 15) is 4.79 Å². The molecule has 0 atom stereocenters. The van der Waals surface area contributed by atoms with Gasteiger partial charge in [-0.1, -0.05) is 0 Å². The fourth-order valence-corrected chi connectivity index (χ4v) is 0.901. The van der Waals surface area contributed by atoms with Crippen molar-refractivity contribution in [3.05, 3.63) is 16.1 Å². The van der Waals surface area contributed by atoms with Crippen LogP contribution in [0.25, 0.3) is 0 Å². The summed E-state index contributed by atoms with van der Waals surface area (Å²) in [6.45, 7) is 1.79. The molecule has 0 saturated carbocycles. The van der Waals surface area contributed by atoms with E-state index in [0.29, 0.717) is 4.88 Å². The van der Waals surface area contributed by atoms with Crippen LogP contribution in [-0.4, -0.2) is 11.3 Å². The summed E-state index contributed by atoms with van der Waals surface area (Å²) in [7, 11) is 0. The summed E-state index contributed by atoms with van der Waals surface area (Å²) in [5.41, 5.74) is 3.38. The Kier molecular flexibility index (Phi) is 1.39. The minimum absolute atomic E-state index is 0.671. The Hall–Kier alpha value is -0.700. The van der Waals surface area contributed by atoms with Crippen LogP contribution < -0.4 is 0 Å². The highest BCUT2D eigenvalue weighted by atomic mass is 32.1. The number of nitrogens with zero attached hydrogens (tertiary/aromatic N) is 1. The first-order valence-corrected chi connectivity index (χ1v) is 2.95. The summed E-state index contributed by atoms with van der Waals surface area (Å²) >= 11 is 1.25. The zero-order chi connectivity index (χ0) is 5.98. The predicted octanol–water partition coefficient (Wildman–Crippen LogP) is 1.06. The van der Waals surface area contributed by atoms with Gasteiger partial charge in [0.2, 0.25) is 0 Å². The average Bonchev–Trinajstić information content (AvgIpc) is 2.14. The van der Waals surface area contributed by atoms with Crippen molar-refractivity contribution in [2.75, 3.05) is 0 Å². The van der Waals surface area contributed by atoms with Crippen LogP contribution >= 0.6 is 11.3 Å². The monoisotopic (exact) mass is 126 g/mol. The quantitative estimate of drug-likeness (QED) is 0.527. The summed E-state index contributed by atoms with van der Waals surface area (Å²) < 4.78 is 0. The molecule has 0 spiro atoms. The zero-order valence-electron chi connectivity index (χ0n) is 4.34. The Morgan fingerprint density at radius 1 is 1.88 bits per heavy atom. The van der Waals surface area contributed by atoms with Crippen molar-refractivity contribution < 1.29 is 4.79 Å². The Morgan fingerprint density at radius 2 is 2.62 bits per heavy atom. The number of hydrogen-bond acceptors (Lipinski definition) is 3. The smallest absolute Gasteiger partial charge is 0.161 e. The van der Waals surface area contributed by atoms with E-state index in [2.05, 4.69) is 10.5 Å². The second-order valence-corrected chi connectivity index (χ2v) is 2.20. The number of aldehydes is 1. The number of carbonyl (C=O) groups is 1. The number of carbonyl (C=O) groups excluding carboxylic acids is 1. The van der Waals surface area contributed by atoms with E-state index in [4.69, 9.17) is 0 Å². The number of aromatic nitrogens is 1. The minimum atomic E-state index is 0.671. The summed E-state index contributed by atoms with van der Waals surface area (Å²) in [6.07, 6.45) is 0.795. The highest BCUT2D eigenvalue weighted by Crippen LogP contribution is 2.06. The van der Waals surface area contributed by atoms with Crippen molar-refractivity contribution in [2.45, 2.75) is 6.92 Å². The first kappa shape index (κ1) is 5.44. The van der Waals surface area contributed by atoms with Gasteiger partial charge in [-0.15, -0.1) is 11.3 Å². The number of thiazole rings is 1. The van der Waals surface area contributed by atoms with Crippen LogP contribution in [0.3, 0.4) is 0 Å². The van der Waals surface area contributed by atoms with Crippen LogP contribution in [0.15, 0.2) is 0 Å². The van der Waals surface area contributed by atoms with Crippen molar-refractivity contribution in [1.29, 1.82) is 0 Å². The van der Waals surface area contributed by atoms with Gasteiger partial charge in [0.15, 0.2) is 11.8 Å². The highest BCUT2D eigenvalue weighted by molar-refractivity contribution is 7.11. The second-order valence-electron chi connectivity index (χ2n) is 1.37. The van der Waals surface area contributed by atoms with E-state index in [0.717, 1.165) is 12.0 Å². The van der Waals surface area contributed by atoms with Crippen LogP contribution in [0.2, 0.25) is 0 Å². The van der Waals surface area contributed by atoms with Gasteiger partial charge in [-0.3, -0.25) is 4.79 Å². The van der Waals surface area contributed by atoms with Gasteiger partial charge in [0.05, 0.1) is 10.6 Å². The molecule has 0 aromatic carbocycles. The van der Waals surface area contributed by atoms with Gasteiger partial charge in [-0.2, -0.15) is 0 Å². The second kappa shape index (κ2) is 2.05. The van der Waals surface area contributed by atoms with E-state index < -0.39 is 0 Å². The summed E-state index contributed by atoms with van der Waals surface area (Å²) in [4.78, 5) is 14.5. The van der Waals surface area contributed by atoms with E-state index in [1.807, 2.05) is 0 Å². The molecule has 1 aromatic heterocycles. The van der Waals surface area contributed by atoms with Crippen molar-refractivity contribution in [1.82, 2.24) is 4.98 Å². The van der Waals surface area contributed by atoms with Crippen LogP contribution in [0.5, 0.6) is 0 Å². The van der Waals surface area contributed by atoms with Crippen LogP contribution in [0, 0.1) is 12.4 Å². The lowest BCUT2D eigenvalue weighted by molar-refractivity contribution is 0.112. The van der Waals surface area contributed by atoms with Crippen molar-refractivity contribution >= 4 is 17.6 Å². The molecule has 1 radical (unpaired) electrons. The third-order valence-corrected chi connectivity index (χ3v) is 1.63. The van der Waals surface area contributed by atoms with Crippen molar-refractivity contribution in [3.8, 4) is 0 Å². The molecule has 0 unspecified atom stereocenters. The normalized spacial score (nSPS) is 9.12. The minimum Gasteiger partial charge on any atom is -0.297 e. The molecule has 2 nitrogen and oxygen atoms in total. The molecule has 8 heavy (non-hydrogen) atoms. The first-order valence-electron chi connectivity index (χ1n) is 2.13. The Labute approximate surface area is 51.2 Å². The van der Waals surface area contributed by atoms with Crippen LogP contribution in [0.1, 0.15) is 15.4 Å². The SMILES string of the molecule is Cc1n[c]sc1C=O. The molecule has 0 saturated heterocycles. The van der Waals surface area contributed by atoms with Gasteiger partial charge < -0.3 is 0 Å². The molecule has 0 aliphatic heterocycles. The molecule has 1 rings (SSSR count). The molecule has 0 aliphatic rings. The lowest BCUT2D eigenvalue weighted by atomic mass is 10.4. The topological polar surface area (TPSA) is 30.0 Å². The van der Waals surface area contributed by atoms with E-state index in [-0.39, 0.29) is 0 Å². The number of aryl methyl sites for hydroxylation is 1. The third kappa shape index (κ3) is 0.767. The zero-order valence-corrected chi connectivity index (χ0v) is 5.16. The first-order chi connectivity index (χ1) is 3.84. The molecular formula is C5H4NOS. The maximum absolute atomic E-state index is 10.0. The summed E-state index contributed by atoms with van der Waals surface area (Å²) in [5, 5.41) is 0. The number of rotatable bonds is 1. The Bertz CT molecular complexity index is 194. The third-order valence-electron chi connectivity index (χ3n) is 0.833. The average molecular weight is 126 g/mol. The van der Waals surface area contributed by atoms with E-state index in [1.54, 1.807) is 6.92 Å². The molecule has 3 heteroatoms. The highest BCUT2D eigenvalue weighted by Gasteiger charge is 1.96. The maximum atomic E-state index is 10.0. The largest absolute Gasteiger partial charge is 0.297 e. The molecule has 0 fully saturated rings. The number of hydrogen-bond donors (Lipinski definition) is 0. The summed E-state index contributed by atoms with van der Waals surface area (Å²) in [6, 6.07) is 0. The summed E-state index contributed by atoms with van der Waals surface area (Å²) in [5.74, 6) is 0. The molecule has 0 bridgehead atoms. The van der Waals surface area contributed by atoms with Gasteiger partial charge in [0.1, 0.15) is 0 Å². The fourth-order valence-electron chi connectivity index (χ4n) is 0.379. The molecule has 41 valence electrons. The molecular weight excluding hydrogens is 122 g/mol.